The van der Waals surface area contributed by atoms with Crippen molar-refractivity contribution in [3.8, 4) is 0 Å². The molecule has 20 heavy (non-hydrogen) atoms. The number of ketones is 1. The van der Waals surface area contributed by atoms with Crippen LogP contribution in [-0.4, -0.2) is 30.3 Å². The predicted molar refractivity (Wildman–Crippen MR) is 84.7 cm³/mol. The van der Waals surface area contributed by atoms with Gasteiger partial charge in [0.2, 0.25) is 0 Å². The molecule has 0 spiro atoms. The van der Waals surface area contributed by atoms with Crippen LogP contribution in [-0.2, 0) is 0 Å². The third-order valence-electron chi connectivity index (χ3n) is 5.32. The molecule has 0 saturated carbocycles. The van der Waals surface area contributed by atoms with Crippen molar-refractivity contribution in [1.82, 2.24) is 4.90 Å². The molecule has 1 aromatic rings. The second-order valence-electron chi connectivity index (χ2n) is 6.36. The number of hydrogen-bond acceptors (Lipinski definition) is 2. The van der Waals surface area contributed by atoms with E-state index in [2.05, 4.69) is 46.6 Å². The second-order valence-corrected chi connectivity index (χ2v) is 6.36. The lowest BCUT2D eigenvalue weighted by molar-refractivity contribution is 0.0797. The van der Waals surface area contributed by atoms with Crippen LogP contribution in [0.3, 0.4) is 0 Å². The Balaban J connectivity index is 2.49. The standard InChI is InChI=1S/C18H27NO/c1-11-12(2)14(4)17(15(5)13(11)3)18(20)16-9-7-8-10-19(16)6/h16H,7-10H2,1-6H3. The molecule has 0 bridgehead atoms. The first-order chi connectivity index (χ1) is 9.36. The number of Topliss-reactive ketones (excluding diaryl/α,β-unsaturated/α-hetero) is 1. The maximum atomic E-state index is 13.0. The minimum absolute atomic E-state index is 0.0719. The summed E-state index contributed by atoms with van der Waals surface area (Å²) in [5.41, 5.74) is 7.20. The molecule has 1 atom stereocenters. The van der Waals surface area contributed by atoms with Crippen LogP contribution in [0, 0.1) is 34.6 Å². The molecule has 1 heterocycles. The number of piperidine rings is 1. The summed E-state index contributed by atoms with van der Waals surface area (Å²) in [6.07, 6.45) is 3.38. The quantitative estimate of drug-likeness (QED) is 0.762. The molecule has 0 aliphatic carbocycles. The maximum Gasteiger partial charge on any atom is 0.180 e. The Morgan fingerprint density at radius 1 is 0.900 bits per heavy atom. The molecule has 1 unspecified atom stereocenters. The molecule has 1 fully saturated rings. The fraction of sp³-hybridized carbons (Fsp3) is 0.611. The van der Waals surface area contributed by atoms with Crippen molar-refractivity contribution in [2.45, 2.75) is 59.9 Å². The van der Waals surface area contributed by atoms with Crippen LogP contribution in [0.25, 0.3) is 0 Å². The van der Waals surface area contributed by atoms with Gasteiger partial charge < -0.3 is 0 Å². The van der Waals surface area contributed by atoms with Crippen LogP contribution in [0.15, 0.2) is 0 Å². The van der Waals surface area contributed by atoms with E-state index in [0.29, 0.717) is 5.78 Å². The highest BCUT2D eigenvalue weighted by Gasteiger charge is 2.29. The summed E-state index contributed by atoms with van der Waals surface area (Å²) in [5, 5.41) is 0. The molecule has 2 rings (SSSR count). The smallest absolute Gasteiger partial charge is 0.180 e. The SMILES string of the molecule is Cc1c(C)c(C)c(C(=O)C2CCCCN2C)c(C)c1C. The van der Waals surface area contributed by atoms with Gasteiger partial charge in [-0.05, 0) is 88.9 Å². The number of hydrogen-bond donors (Lipinski definition) is 0. The first kappa shape index (κ1) is 15.2. The minimum Gasteiger partial charge on any atom is -0.296 e. The third-order valence-corrected chi connectivity index (χ3v) is 5.32. The first-order valence-electron chi connectivity index (χ1n) is 7.67. The molecular formula is C18H27NO. The van der Waals surface area contributed by atoms with Crippen LogP contribution >= 0.6 is 0 Å². The highest BCUT2D eigenvalue weighted by Crippen LogP contribution is 2.29. The number of nitrogens with zero attached hydrogens (tertiary/aromatic N) is 1. The fourth-order valence-corrected chi connectivity index (χ4v) is 3.44. The average molecular weight is 273 g/mol. The van der Waals surface area contributed by atoms with E-state index in [1.165, 1.54) is 40.7 Å². The molecule has 1 aliphatic heterocycles. The Labute approximate surface area is 123 Å². The molecule has 0 amide bonds. The van der Waals surface area contributed by atoms with E-state index in [1.807, 2.05) is 0 Å². The van der Waals surface area contributed by atoms with Crippen LogP contribution in [0.4, 0.5) is 0 Å². The van der Waals surface area contributed by atoms with Crippen molar-refractivity contribution in [2.75, 3.05) is 13.6 Å². The van der Waals surface area contributed by atoms with Gasteiger partial charge in [-0.25, -0.2) is 0 Å². The lowest BCUT2D eigenvalue weighted by Gasteiger charge is -2.32. The monoisotopic (exact) mass is 273 g/mol. The van der Waals surface area contributed by atoms with Crippen LogP contribution < -0.4 is 0 Å². The van der Waals surface area contributed by atoms with Crippen molar-refractivity contribution in [2.24, 2.45) is 0 Å². The number of likely N-dealkylation sites (N-methyl/N-ethyl adjacent to an activating group) is 1. The Morgan fingerprint density at radius 2 is 1.40 bits per heavy atom. The summed E-state index contributed by atoms with van der Waals surface area (Å²) in [5.74, 6) is 0.327. The van der Waals surface area contributed by atoms with E-state index in [1.54, 1.807) is 0 Å². The zero-order chi connectivity index (χ0) is 15.0. The topological polar surface area (TPSA) is 20.3 Å². The van der Waals surface area contributed by atoms with Gasteiger partial charge in [0.1, 0.15) is 0 Å². The molecule has 110 valence electrons. The van der Waals surface area contributed by atoms with E-state index in [9.17, 15) is 4.79 Å². The summed E-state index contributed by atoms with van der Waals surface area (Å²) >= 11 is 0. The molecule has 1 saturated heterocycles. The molecular weight excluding hydrogens is 246 g/mol. The highest BCUT2D eigenvalue weighted by atomic mass is 16.1. The normalized spacial score (nSPS) is 20.2. The van der Waals surface area contributed by atoms with Gasteiger partial charge >= 0.3 is 0 Å². The van der Waals surface area contributed by atoms with Gasteiger partial charge in [-0.2, -0.15) is 0 Å². The molecule has 1 aliphatic rings. The van der Waals surface area contributed by atoms with Gasteiger partial charge in [0, 0.05) is 5.56 Å². The summed E-state index contributed by atoms with van der Waals surface area (Å²) in [4.78, 5) is 15.3. The zero-order valence-corrected chi connectivity index (χ0v) is 13.8. The molecule has 2 heteroatoms. The Morgan fingerprint density at radius 3 is 1.90 bits per heavy atom. The minimum atomic E-state index is 0.0719. The Hall–Kier alpha value is -1.15. The fourth-order valence-electron chi connectivity index (χ4n) is 3.44. The maximum absolute atomic E-state index is 13.0. The third kappa shape index (κ3) is 2.42. The number of carbonyl (C=O) groups excluding carboxylic acids is 1. The van der Waals surface area contributed by atoms with Crippen molar-refractivity contribution in [3.05, 3.63) is 33.4 Å². The van der Waals surface area contributed by atoms with Crippen LogP contribution in [0.2, 0.25) is 0 Å². The van der Waals surface area contributed by atoms with Crippen LogP contribution in [0.1, 0.15) is 57.4 Å². The highest BCUT2D eigenvalue weighted by molar-refractivity contribution is 6.03. The first-order valence-corrected chi connectivity index (χ1v) is 7.67. The van der Waals surface area contributed by atoms with E-state index >= 15 is 0 Å². The summed E-state index contributed by atoms with van der Waals surface area (Å²) < 4.78 is 0. The Kier molecular flexibility index (Phi) is 4.33. The van der Waals surface area contributed by atoms with Crippen LogP contribution in [0.5, 0.6) is 0 Å². The largest absolute Gasteiger partial charge is 0.296 e. The summed E-state index contributed by atoms with van der Waals surface area (Å²) in [6.45, 7) is 11.7. The number of likely N-dealkylation sites (tertiary alicyclic amines) is 1. The van der Waals surface area contributed by atoms with Gasteiger partial charge in [-0.15, -0.1) is 0 Å². The Bertz CT molecular complexity index is 516. The molecule has 1 aromatic carbocycles. The van der Waals surface area contributed by atoms with Gasteiger partial charge in [-0.3, -0.25) is 9.69 Å². The zero-order valence-electron chi connectivity index (χ0n) is 13.8. The molecule has 0 aromatic heterocycles. The lowest BCUT2D eigenvalue weighted by Crippen LogP contribution is -2.42. The number of benzene rings is 1. The van der Waals surface area contributed by atoms with Crippen molar-refractivity contribution in [1.29, 1.82) is 0 Å². The molecule has 2 nitrogen and oxygen atoms in total. The lowest BCUT2D eigenvalue weighted by atomic mass is 9.84. The predicted octanol–water partition coefficient (Wildman–Crippen LogP) is 3.90. The van der Waals surface area contributed by atoms with E-state index in [0.717, 1.165) is 18.5 Å². The molecule has 0 radical (unpaired) electrons. The van der Waals surface area contributed by atoms with Gasteiger partial charge in [0.05, 0.1) is 6.04 Å². The van der Waals surface area contributed by atoms with Crippen molar-refractivity contribution in [3.63, 3.8) is 0 Å². The number of carbonyl (C=O) groups is 1. The summed E-state index contributed by atoms with van der Waals surface area (Å²) in [6, 6.07) is 0.0719. The average Bonchev–Trinajstić information content (AvgIpc) is 2.43. The van der Waals surface area contributed by atoms with Gasteiger partial charge in [0.15, 0.2) is 5.78 Å². The second kappa shape index (κ2) is 5.69. The van der Waals surface area contributed by atoms with Crippen molar-refractivity contribution < 1.29 is 4.79 Å². The summed E-state index contributed by atoms with van der Waals surface area (Å²) in [7, 11) is 2.08. The van der Waals surface area contributed by atoms with Gasteiger partial charge in [-0.1, -0.05) is 6.42 Å². The van der Waals surface area contributed by atoms with E-state index < -0.39 is 0 Å². The van der Waals surface area contributed by atoms with E-state index in [-0.39, 0.29) is 6.04 Å². The number of rotatable bonds is 2. The molecule has 0 N–H and O–H groups in total. The van der Waals surface area contributed by atoms with Crippen molar-refractivity contribution >= 4 is 5.78 Å². The van der Waals surface area contributed by atoms with Gasteiger partial charge in [0.25, 0.3) is 0 Å². The van der Waals surface area contributed by atoms with E-state index in [4.69, 9.17) is 0 Å².